The van der Waals surface area contributed by atoms with Gasteiger partial charge in [0.2, 0.25) is 5.71 Å². The monoisotopic (exact) mass is 626 g/mol. The van der Waals surface area contributed by atoms with E-state index in [2.05, 4.69) is 109 Å². The Morgan fingerprint density at radius 1 is 0.367 bits per heavy atom. The molecule has 0 spiro atoms. The number of furan rings is 1. The highest BCUT2D eigenvalue weighted by Crippen LogP contribution is 2.39. The number of hydrogen-bond acceptors (Lipinski definition) is 5. The van der Waals surface area contributed by atoms with Crippen LogP contribution in [-0.2, 0) is 0 Å². The molecule has 3 heterocycles. The maximum Gasteiger partial charge on any atom is 0.228 e. The third-order valence-electron chi connectivity index (χ3n) is 9.31. The summed E-state index contributed by atoms with van der Waals surface area (Å²) in [6.45, 7) is 0. The summed E-state index contributed by atoms with van der Waals surface area (Å²) in [4.78, 5) is 20.4. The van der Waals surface area contributed by atoms with Crippen molar-refractivity contribution in [1.29, 1.82) is 0 Å². The smallest absolute Gasteiger partial charge is 0.228 e. The average Bonchev–Trinajstić information content (AvgIpc) is 3.56. The van der Waals surface area contributed by atoms with Gasteiger partial charge in [-0.15, -0.1) is 0 Å². The summed E-state index contributed by atoms with van der Waals surface area (Å²) in [7, 11) is 0. The molecular weight excluding hydrogens is 601 g/mol. The van der Waals surface area contributed by atoms with Crippen LogP contribution in [0.15, 0.2) is 162 Å². The van der Waals surface area contributed by atoms with Crippen molar-refractivity contribution in [2.75, 3.05) is 0 Å². The van der Waals surface area contributed by atoms with Gasteiger partial charge in [0.1, 0.15) is 5.58 Å². The van der Waals surface area contributed by atoms with E-state index in [-0.39, 0.29) is 0 Å². The lowest BCUT2D eigenvalue weighted by molar-refractivity contribution is 0.654. The van der Waals surface area contributed by atoms with Gasteiger partial charge in [-0.3, -0.25) is 0 Å². The zero-order valence-corrected chi connectivity index (χ0v) is 26.2. The minimum atomic E-state index is 0.543. The molecule has 0 aliphatic carbocycles. The first-order valence-corrected chi connectivity index (χ1v) is 16.3. The number of aromatic nitrogens is 4. The lowest BCUT2D eigenvalue weighted by Gasteiger charge is -2.11. The summed E-state index contributed by atoms with van der Waals surface area (Å²) in [5.41, 5.74) is 5.75. The molecule has 0 saturated carbocycles. The molecule has 0 fully saturated rings. The Labute approximate surface area is 281 Å². The Kier molecular flexibility index (Phi) is 6.11. The van der Waals surface area contributed by atoms with Gasteiger partial charge >= 0.3 is 0 Å². The van der Waals surface area contributed by atoms with Gasteiger partial charge in [-0.25, -0.2) is 19.9 Å². The number of fused-ring (bicyclic) bond motifs is 7. The molecule has 0 unspecified atom stereocenters. The quantitative estimate of drug-likeness (QED) is 0.182. The highest BCUT2D eigenvalue weighted by molar-refractivity contribution is 6.12. The average molecular weight is 627 g/mol. The van der Waals surface area contributed by atoms with Gasteiger partial charge in [-0.2, -0.15) is 0 Å². The summed E-state index contributed by atoms with van der Waals surface area (Å²) in [5.74, 6) is 1.76. The Bertz CT molecular complexity index is 2890. The molecule has 0 N–H and O–H groups in total. The second-order valence-corrected chi connectivity index (χ2v) is 12.3. The molecule has 49 heavy (non-hydrogen) atoms. The second-order valence-electron chi connectivity index (χ2n) is 12.3. The SMILES string of the molecule is c1ccc(-c2nc(-c3ccc4ccccc4c3)nc(-c3cc(-c4ccc5c(ccc6ccccc65)c4)nc4oc5ccccc5c34)n2)cc1. The number of pyridine rings is 1. The summed E-state index contributed by atoms with van der Waals surface area (Å²) >= 11 is 0. The summed E-state index contributed by atoms with van der Waals surface area (Å²) in [6, 6.07) is 54.2. The van der Waals surface area contributed by atoms with Gasteiger partial charge in [0, 0.05) is 27.6 Å². The summed E-state index contributed by atoms with van der Waals surface area (Å²) in [6.07, 6.45) is 0. The molecule has 7 aromatic carbocycles. The maximum absolute atomic E-state index is 6.42. The Hall–Kier alpha value is -6.72. The molecule has 0 saturated heterocycles. The van der Waals surface area contributed by atoms with Crippen LogP contribution in [0.1, 0.15) is 0 Å². The Morgan fingerprint density at radius 3 is 1.86 bits per heavy atom. The molecule has 0 aliphatic rings. The summed E-state index contributed by atoms with van der Waals surface area (Å²) < 4.78 is 6.42. The van der Waals surface area contributed by atoms with Crippen LogP contribution >= 0.6 is 0 Å². The molecule has 3 aromatic heterocycles. The number of hydrogen-bond donors (Lipinski definition) is 0. The van der Waals surface area contributed by atoms with Crippen LogP contribution < -0.4 is 0 Å². The summed E-state index contributed by atoms with van der Waals surface area (Å²) in [5, 5.41) is 8.93. The predicted molar refractivity (Wildman–Crippen MR) is 199 cm³/mol. The fourth-order valence-corrected chi connectivity index (χ4v) is 6.89. The van der Waals surface area contributed by atoms with Crippen molar-refractivity contribution in [2.24, 2.45) is 0 Å². The Morgan fingerprint density at radius 2 is 0.980 bits per heavy atom. The third kappa shape index (κ3) is 4.63. The second kappa shape index (κ2) is 10.9. The maximum atomic E-state index is 6.42. The van der Waals surface area contributed by atoms with Crippen molar-refractivity contribution in [3.8, 4) is 45.4 Å². The number of nitrogens with zero attached hydrogens (tertiary/aromatic N) is 4. The van der Waals surface area contributed by atoms with Crippen LogP contribution in [0.2, 0.25) is 0 Å². The van der Waals surface area contributed by atoms with Crippen molar-refractivity contribution in [2.45, 2.75) is 0 Å². The van der Waals surface area contributed by atoms with Crippen molar-refractivity contribution >= 4 is 54.4 Å². The fraction of sp³-hybridized carbons (Fsp3) is 0. The molecule has 0 radical (unpaired) electrons. The first kappa shape index (κ1) is 27.4. The van der Waals surface area contributed by atoms with E-state index >= 15 is 0 Å². The zero-order chi connectivity index (χ0) is 32.3. The normalized spacial score (nSPS) is 11.7. The lowest BCUT2D eigenvalue weighted by Crippen LogP contribution is -2.01. The Balaban J connectivity index is 1.23. The van der Waals surface area contributed by atoms with Crippen LogP contribution in [0.5, 0.6) is 0 Å². The van der Waals surface area contributed by atoms with Crippen LogP contribution in [0.3, 0.4) is 0 Å². The molecule has 5 heteroatoms. The molecule has 0 bridgehead atoms. The van der Waals surface area contributed by atoms with E-state index in [0.717, 1.165) is 60.5 Å². The molecule has 228 valence electrons. The van der Waals surface area contributed by atoms with Gasteiger partial charge in [0.05, 0.1) is 11.1 Å². The van der Waals surface area contributed by atoms with Crippen molar-refractivity contribution in [1.82, 2.24) is 19.9 Å². The molecular formula is C44H26N4O. The van der Waals surface area contributed by atoms with Gasteiger partial charge in [-0.05, 0) is 56.6 Å². The van der Waals surface area contributed by atoms with Gasteiger partial charge in [-0.1, -0.05) is 133 Å². The van der Waals surface area contributed by atoms with Gasteiger partial charge < -0.3 is 4.42 Å². The fourth-order valence-electron chi connectivity index (χ4n) is 6.89. The van der Waals surface area contributed by atoms with Crippen LogP contribution in [0.4, 0.5) is 0 Å². The van der Waals surface area contributed by atoms with Crippen LogP contribution in [0.25, 0.3) is 99.8 Å². The lowest BCUT2D eigenvalue weighted by atomic mass is 9.98. The van der Waals surface area contributed by atoms with E-state index in [0.29, 0.717) is 23.2 Å². The molecule has 0 atom stereocenters. The van der Waals surface area contributed by atoms with E-state index in [1.165, 1.54) is 16.2 Å². The predicted octanol–water partition coefficient (Wildman–Crippen LogP) is 11.3. The van der Waals surface area contributed by atoms with Crippen molar-refractivity contribution < 1.29 is 4.42 Å². The zero-order valence-electron chi connectivity index (χ0n) is 26.2. The highest BCUT2D eigenvalue weighted by atomic mass is 16.3. The minimum Gasteiger partial charge on any atom is -0.438 e. The number of rotatable bonds is 4. The highest BCUT2D eigenvalue weighted by Gasteiger charge is 2.21. The standard InChI is InChI=1S/C44H26N4O/c1-2-12-29(13-3-1)41-46-42(33-21-18-27-10-4-5-14-30(27)24-33)48-43(47-41)37-26-38(45-44-40(37)36-16-8-9-17-39(36)49-44)32-22-23-35-31(25-32)20-19-28-11-6-7-15-34(28)35/h1-26H. The molecule has 0 amide bonds. The third-order valence-corrected chi connectivity index (χ3v) is 9.31. The van der Waals surface area contributed by atoms with Crippen molar-refractivity contribution in [3.05, 3.63) is 158 Å². The molecule has 5 nitrogen and oxygen atoms in total. The van der Waals surface area contributed by atoms with Crippen LogP contribution in [0, 0.1) is 0 Å². The van der Waals surface area contributed by atoms with Gasteiger partial charge in [0.25, 0.3) is 0 Å². The first-order chi connectivity index (χ1) is 24.2. The van der Waals surface area contributed by atoms with E-state index < -0.39 is 0 Å². The van der Waals surface area contributed by atoms with E-state index in [1.807, 2.05) is 48.5 Å². The van der Waals surface area contributed by atoms with E-state index in [1.54, 1.807) is 0 Å². The van der Waals surface area contributed by atoms with Crippen molar-refractivity contribution in [3.63, 3.8) is 0 Å². The molecule has 10 aromatic rings. The largest absolute Gasteiger partial charge is 0.438 e. The molecule has 10 rings (SSSR count). The topological polar surface area (TPSA) is 64.7 Å². The number of para-hydroxylation sites is 1. The minimum absolute atomic E-state index is 0.543. The van der Waals surface area contributed by atoms with Gasteiger partial charge in [0.15, 0.2) is 17.5 Å². The van der Waals surface area contributed by atoms with E-state index in [4.69, 9.17) is 24.4 Å². The van der Waals surface area contributed by atoms with E-state index in [9.17, 15) is 0 Å². The number of benzene rings is 7. The van der Waals surface area contributed by atoms with Crippen LogP contribution in [-0.4, -0.2) is 19.9 Å². The molecule has 0 aliphatic heterocycles. The first-order valence-electron chi connectivity index (χ1n) is 16.3.